The van der Waals surface area contributed by atoms with Gasteiger partial charge in [-0.2, -0.15) is 4.31 Å². The standard InChI is InChI=1S/C21H19BrCl2N2O4S/c22-13-5-8-15(9-6-13)25-20(27)12-18(21(25)28)26(16-3-1-2-4-16)31(29,30)19-11-14(23)7-10-17(19)24/h5-11,16,18H,1-4,12H2. The van der Waals surface area contributed by atoms with Crippen LogP contribution in [0.15, 0.2) is 51.8 Å². The average molecular weight is 546 g/mol. The monoisotopic (exact) mass is 544 g/mol. The number of hydrogen-bond donors (Lipinski definition) is 0. The lowest BCUT2D eigenvalue weighted by Gasteiger charge is -2.32. The topological polar surface area (TPSA) is 74.8 Å². The summed E-state index contributed by atoms with van der Waals surface area (Å²) in [5, 5.41) is 0.244. The van der Waals surface area contributed by atoms with Gasteiger partial charge in [-0.25, -0.2) is 13.3 Å². The normalized spacial score (nSPS) is 20.3. The Morgan fingerprint density at radius 3 is 2.29 bits per heavy atom. The zero-order chi connectivity index (χ0) is 22.3. The molecule has 10 heteroatoms. The van der Waals surface area contributed by atoms with Gasteiger partial charge in [0.25, 0.3) is 5.91 Å². The van der Waals surface area contributed by atoms with Crippen molar-refractivity contribution < 1.29 is 18.0 Å². The maximum atomic E-state index is 13.7. The fraction of sp³-hybridized carbons (Fsp3) is 0.333. The first-order valence-corrected chi connectivity index (χ1v) is 12.8. The molecular weight excluding hydrogens is 527 g/mol. The molecule has 0 radical (unpaired) electrons. The number of hydrogen-bond acceptors (Lipinski definition) is 4. The van der Waals surface area contributed by atoms with Crippen molar-refractivity contribution in [2.45, 2.75) is 49.1 Å². The van der Waals surface area contributed by atoms with E-state index in [1.54, 1.807) is 24.3 Å². The Kier molecular flexibility index (Phi) is 6.47. The molecule has 1 aliphatic carbocycles. The summed E-state index contributed by atoms with van der Waals surface area (Å²) in [6.07, 6.45) is 2.72. The predicted molar refractivity (Wildman–Crippen MR) is 123 cm³/mol. The van der Waals surface area contributed by atoms with E-state index in [1.165, 1.54) is 22.5 Å². The predicted octanol–water partition coefficient (Wildman–Crippen LogP) is 5.02. The molecule has 0 aromatic heterocycles. The van der Waals surface area contributed by atoms with Crippen LogP contribution in [-0.4, -0.2) is 36.6 Å². The molecule has 2 aromatic carbocycles. The minimum absolute atomic E-state index is 0.0222. The van der Waals surface area contributed by atoms with E-state index in [2.05, 4.69) is 15.9 Å². The van der Waals surface area contributed by atoms with Crippen LogP contribution in [0.4, 0.5) is 5.69 Å². The molecule has 6 nitrogen and oxygen atoms in total. The highest BCUT2D eigenvalue weighted by Crippen LogP contribution is 2.38. The summed E-state index contributed by atoms with van der Waals surface area (Å²) >= 11 is 15.6. The summed E-state index contributed by atoms with van der Waals surface area (Å²) in [6, 6.07) is 9.43. The van der Waals surface area contributed by atoms with E-state index >= 15 is 0 Å². The average Bonchev–Trinajstić information content (AvgIpc) is 3.33. The van der Waals surface area contributed by atoms with Gasteiger partial charge in [0.2, 0.25) is 15.9 Å². The van der Waals surface area contributed by atoms with Gasteiger partial charge in [0.1, 0.15) is 10.9 Å². The lowest BCUT2D eigenvalue weighted by molar-refractivity contribution is -0.122. The lowest BCUT2D eigenvalue weighted by atomic mass is 10.2. The number of carbonyl (C=O) groups is 2. The van der Waals surface area contributed by atoms with Gasteiger partial charge in [-0.3, -0.25) is 9.59 Å². The van der Waals surface area contributed by atoms with Crippen molar-refractivity contribution in [1.82, 2.24) is 4.31 Å². The highest BCUT2D eigenvalue weighted by Gasteiger charge is 2.50. The van der Waals surface area contributed by atoms with Crippen LogP contribution in [-0.2, 0) is 19.6 Å². The van der Waals surface area contributed by atoms with E-state index < -0.39 is 27.9 Å². The van der Waals surface area contributed by atoms with Crippen LogP contribution in [0.5, 0.6) is 0 Å². The number of anilines is 1. The number of sulfonamides is 1. The van der Waals surface area contributed by atoms with Gasteiger partial charge >= 0.3 is 0 Å². The second-order valence-corrected chi connectivity index (χ2v) is 11.2. The maximum Gasteiger partial charge on any atom is 0.252 e. The van der Waals surface area contributed by atoms with Crippen molar-refractivity contribution in [3.05, 3.63) is 57.0 Å². The Hall–Kier alpha value is -1.45. The van der Waals surface area contributed by atoms with E-state index in [0.717, 1.165) is 22.2 Å². The summed E-state index contributed by atoms with van der Waals surface area (Å²) < 4.78 is 29.4. The SMILES string of the molecule is O=C1CC(N(C2CCCC2)S(=O)(=O)c2cc(Cl)ccc2Cl)C(=O)N1c1ccc(Br)cc1. The molecule has 1 aliphatic heterocycles. The van der Waals surface area contributed by atoms with Crippen LogP contribution in [0.1, 0.15) is 32.1 Å². The third-order valence-corrected chi connectivity index (χ3v) is 8.85. The minimum Gasteiger partial charge on any atom is -0.274 e. The van der Waals surface area contributed by atoms with Gasteiger partial charge in [-0.15, -0.1) is 0 Å². The third-order valence-electron chi connectivity index (χ3n) is 5.65. The van der Waals surface area contributed by atoms with Gasteiger partial charge in [-0.1, -0.05) is 52.0 Å². The first-order valence-electron chi connectivity index (χ1n) is 9.81. The Bertz CT molecular complexity index is 1130. The molecule has 0 bridgehead atoms. The van der Waals surface area contributed by atoms with Crippen LogP contribution >= 0.6 is 39.1 Å². The zero-order valence-electron chi connectivity index (χ0n) is 16.3. The summed E-state index contributed by atoms with van der Waals surface area (Å²) in [6.45, 7) is 0. The molecular formula is C21H19BrCl2N2O4S. The van der Waals surface area contributed by atoms with Crippen molar-refractivity contribution in [1.29, 1.82) is 0 Å². The number of imide groups is 1. The third kappa shape index (κ3) is 4.28. The van der Waals surface area contributed by atoms with Crippen LogP contribution in [0.3, 0.4) is 0 Å². The van der Waals surface area contributed by atoms with Gasteiger partial charge < -0.3 is 0 Å². The van der Waals surface area contributed by atoms with E-state index in [1.807, 2.05) is 0 Å². The Morgan fingerprint density at radius 2 is 1.65 bits per heavy atom. The fourth-order valence-corrected chi connectivity index (χ4v) is 7.07. The van der Waals surface area contributed by atoms with Crippen molar-refractivity contribution in [3.63, 3.8) is 0 Å². The molecule has 1 unspecified atom stereocenters. The van der Waals surface area contributed by atoms with Crippen molar-refractivity contribution in [3.8, 4) is 0 Å². The molecule has 1 atom stereocenters. The first-order chi connectivity index (χ1) is 14.7. The van der Waals surface area contributed by atoms with Crippen molar-refractivity contribution >= 4 is 66.7 Å². The van der Waals surface area contributed by atoms with Gasteiger partial charge in [0.15, 0.2) is 0 Å². The van der Waals surface area contributed by atoms with Gasteiger partial charge in [0, 0.05) is 15.5 Å². The van der Waals surface area contributed by atoms with Gasteiger partial charge in [-0.05, 0) is 55.3 Å². The maximum absolute atomic E-state index is 13.7. The summed E-state index contributed by atoms with van der Waals surface area (Å²) in [5.74, 6) is -0.992. The van der Waals surface area contributed by atoms with E-state index in [9.17, 15) is 18.0 Å². The molecule has 0 N–H and O–H groups in total. The summed E-state index contributed by atoms with van der Waals surface area (Å²) in [5.41, 5.74) is 0.408. The molecule has 31 heavy (non-hydrogen) atoms. The fourth-order valence-electron chi connectivity index (χ4n) is 4.24. The number of rotatable bonds is 5. The Labute approximate surface area is 199 Å². The number of amides is 2. The van der Waals surface area contributed by atoms with Crippen LogP contribution < -0.4 is 4.90 Å². The number of carbonyl (C=O) groups excluding carboxylic acids is 2. The molecule has 1 saturated heterocycles. The Balaban J connectivity index is 1.77. The molecule has 0 spiro atoms. The van der Waals surface area contributed by atoms with E-state index in [0.29, 0.717) is 18.5 Å². The molecule has 1 heterocycles. The summed E-state index contributed by atoms with van der Waals surface area (Å²) in [4.78, 5) is 27.1. The largest absolute Gasteiger partial charge is 0.274 e. The number of nitrogens with zero attached hydrogens (tertiary/aromatic N) is 2. The quantitative estimate of drug-likeness (QED) is 0.494. The minimum atomic E-state index is -4.18. The zero-order valence-corrected chi connectivity index (χ0v) is 20.2. The van der Waals surface area contributed by atoms with Crippen LogP contribution in [0.2, 0.25) is 10.0 Å². The van der Waals surface area contributed by atoms with Crippen LogP contribution in [0.25, 0.3) is 0 Å². The van der Waals surface area contributed by atoms with E-state index in [-0.39, 0.29) is 27.4 Å². The number of halogens is 3. The Morgan fingerprint density at radius 1 is 1.00 bits per heavy atom. The van der Waals surface area contributed by atoms with Crippen LogP contribution in [0, 0.1) is 0 Å². The number of benzene rings is 2. The first kappa shape index (κ1) is 22.7. The van der Waals surface area contributed by atoms with Crippen molar-refractivity contribution in [2.75, 3.05) is 4.90 Å². The summed E-state index contributed by atoms with van der Waals surface area (Å²) in [7, 11) is -4.18. The highest BCUT2D eigenvalue weighted by molar-refractivity contribution is 9.10. The molecule has 1 saturated carbocycles. The molecule has 2 aromatic rings. The van der Waals surface area contributed by atoms with Gasteiger partial charge in [0.05, 0.1) is 17.1 Å². The molecule has 2 aliphatic rings. The second kappa shape index (κ2) is 8.83. The van der Waals surface area contributed by atoms with Crippen molar-refractivity contribution in [2.24, 2.45) is 0 Å². The smallest absolute Gasteiger partial charge is 0.252 e. The molecule has 4 rings (SSSR count). The molecule has 2 amide bonds. The highest BCUT2D eigenvalue weighted by atomic mass is 79.9. The molecule has 164 valence electrons. The molecule has 2 fully saturated rings. The lowest BCUT2D eigenvalue weighted by Crippen LogP contribution is -2.49. The van der Waals surface area contributed by atoms with E-state index in [4.69, 9.17) is 23.2 Å². The second-order valence-electron chi connectivity index (χ2n) is 7.61.